The van der Waals surface area contributed by atoms with E-state index in [-0.39, 0.29) is 11.9 Å². The number of aromatic nitrogens is 2. The predicted octanol–water partition coefficient (Wildman–Crippen LogP) is 1.40. The number of rotatable bonds is 4. The lowest BCUT2D eigenvalue weighted by Gasteiger charge is -2.34. The van der Waals surface area contributed by atoms with E-state index in [0.29, 0.717) is 11.9 Å². The summed E-state index contributed by atoms with van der Waals surface area (Å²) in [5.74, 6) is 1.20. The SMILES string of the molecule is Cc1nc(C(=O)N(C)C2CCN(C)CC2)nc(N2CC[C@@H](N(C)C)C2)c1C. The fourth-order valence-electron chi connectivity index (χ4n) is 4.08. The van der Waals surface area contributed by atoms with Crippen molar-refractivity contribution >= 4 is 11.7 Å². The molecule has 0 spiro atoms. The minimum atomic E-state index is -0.0581. The molecular formula is C20H34N6O. The predicted molar refractivity (Wildman–Crippen MR) is 108 cm³/mol. The molecule has 3 heterocycles. The topological polar surface area (TPSA) is 55.8 Å². The number of likely N-dealkylation sites (tertiary alicyclic amines) is 1. The number of hydrogen-bond donors (Lipinski definition) is 0. The lowest BCUT2D eigenvalue weighted by Crippen LogP contribution is -2.45. The van der Waals surface area contributed by atoms with E-state index in [1.54, 1.807) is 0 Å². The highest BCUT2D eigenvalue weighted by atomic mass is 16.2. The molecule has 7 nitrogen and oxygen atoms in total. The van der Waals surface area contributed by atoms with Crippen molar-refractivity contribution in [1.82, 2.24) is 24.7 Å². The Morgan fingerprint density at radius 1 is 1.00 bits per heavy atom. The van der Waals surface area contributed by atoms with Crippen molar-refractivity contribution in [3.05, 3.63) is 17.1 Å². The molecule has 27 heavy (non-hydrogen) atoms. The molecule has 0 aliphatic carbocycles. The summed E-state index contributed by atoms with van der Waals surface area (Å²) in [6, 6.07) is 0.799. The van der Waals surface area contributed by atoms with Crippen LogP contribution in [-0.2, 0) is 0 Å². The Morgan fingerprint density at radius 3 is 2.22 bits per heavy atom. The smallest absolute Gasteiger partial charge is 0.291 e. The first kappa shape index (κ1) is 20.0. The van der Waals surface area contributed by atoms with E-state index >= 15 is 0 Å². The van der Waals surface area contributed by atoms with Crippen molar-refractivity contribution in [3.8, 4) is 0 Å². The van der Waals surface area contributed by atoms with Gasteiger partial charge in [0.25, 0.3) is 5.91 Å². The normalized spacial score (nSPS) is 21.9. The third kappa shape index (κ3) is 4.24. The molecule has 2 fully saturated rings. The molecule has 1 atom stereocenters. The number of nitrogens with zero attached hydrogens (tertiary/aromatic N) is 6. The summed E-state index contributed by atoms with van der Waals surface area (Å²) in [7, 11) is 8.28. The Morgan fingerprint density at radius 2 is 1.63 bits per heavy atom. The maximum atomic E-state index is 13.1. The number of piperidine rings is 1. The van der Waals surface area contributed by atoms with Crippen LogP contribution in [0.25, 0.3) is 0 Å². The van der Waals surface area contributed by atoms with E-state index in [0.717, 1.165) is 62.5 Å². The maximum Gasteiger partial charge on any atom is 0.291 e. The van der Waals surface area contributed by atoms with Gasteiger partial charge in [0.1, 0.15) is 5.82 Å². The molecule has 2 aliphatic heterocycles. The quantitative estimate of drug-likeness (QED) is 0.794. The van der Waals surface area contributed by atoms with Crippen molar-refractivity contribution < 1.29 is 4.79 Å². The Bertz CT molecular complexity index is 683. The van der Waals surface area contributed by atoms with Gasteiger partial charge in [-0.25, -0.2) is 9.97 Å². The molecule has 2 aliphatic rings. The minimum Gasteiger partial charge on any atom is -0.355 e. The number of carbonyl (C=O) groups is 1. The van der Waals surface area contributed by atoms with Crippen LogP contribution in [0.3, 0.4) is 0 Å². The molecule has 0 bridgehead atoms. The average Bonchev–Trinajstić information content (AvgIpc) is 3.13. The number of carbonyl (C=O) groups excluding carboxylic acids is 1. The highest BCUT2D eigenvalue weighted by Crippen LogP contribution is 2.26. The summed E-state index contributed by atoms with van der Waals surface area (Å²) in [5.41, 5.74) is 1.97. The second-order valence-corrected chi connectivity index (χ2v) is 8.38. The van der Waals surface area contributed by atoms with Crippen LogP contribution in [0.15, 0.2) is 0 Å². The van der Waals surface area contributed by atoms with Gasteiger partial charge in [0.05, 0.1) is 0 Å². The molecule has 1 aromatic rings. The van der Waals surface area contributed by atoms with Gasteiger partial charge in [-0.05, 0) is 67.3 Å². The fraction of sp³-hybridized carbons (Fsp3) is 0.750. The highest BCUT2D eigenvalue weighted by molar-refractivity contribution is 5.91. The molecule has 3 rings (SSSR count). The van der Waals surface area contributed by atoms with E-state index in [1.165, 1.54) is 0 Å². The van der Waals surface area contributed by atoms with Gasteiger partial charge in [-0.1, -0.05) is 0 Å². The fourth-order valence-corrected chi connectivity index (χ4v) is 4.08. The van der Waals surface area contributed by atoms with Crippen LogP contribution in [0, 0.1) is 13.8 Å². The third-order valence-electron chi connectivity index (χ3n) is 6.30. The molecule has 0 saturated carbocycles. The van der Waals surface area contributed by atoms with Crippen LogP contribution in [-0.4, -0.2) is 97.0 Å². The molecule has 150 valence electrons. The summed E-state index contributed by atoms with van der Waals surface area (Å²) in [6.07, 6.45) is 3.13. The third-order valence-corrected chi connectivity index (χ3v) is 6.30. The Labute approximate surface area is 163 Å². The summed E-state index contributed by atoms with van der Waals surface area (Å²) >= 11 is 0. The zero-order valence-electron chi connectivity index (χ0n) is 17.7. The van der Waals surface area contributed by atoms with Crippen molar-refractivity contribution in [1.29, 1.82) is 0 Å². The number of likely N-dealkylation sites (N-methyl/N-ethyl adjacent to an activating group) is 1. The average molecular weight is 375 g/mol. The van der Waals surface area contributed by atoms with Gasteiger partial charge in [0, 0.05) is 43.5 Å². The Kier molecular flexibility index (Phi) is 6.01. The summed E-state index contributed by atoms with van der Waals surface area (Å²) in [4.78, 5) is 31.1. The van der Waals surface area contributed by atoms with Gasteiger partial charge in [0.2, 0.25) is 5.82 Å². The van der Waals surface area contributed by atoms with Gasteiger partial charge in [-0.15, -0.1) is 0 Å². The van der Waals surface area contributed by atoms with E-state index in [2.05, 4.69) is 47.8 Å². The van der Waals surface area contributed by atoms with Crippen LogP contribution in [0.1, 0.15) is 41.1 Å². The van der Waals surface area contributed by atoms with Gasteiger partial charge in [-0.2, -0.15) is 0 Å². The lowest BCUT2D eigenvalue weighted by atomic mass is 10.0. The first-order valence-corrected chi connectivity index (χ1v) is 10.00. The molecule has 0 aromatic carbocycles. The number of anilines is 1. The van der Waals surface area contributed by atoms with Crippen molar-refractivity contribution in [3.63, 3.8) is 0 Å². The lowest BCUT2D eigenvalue weighted by molar-refractivity contribution is 0.0647. The van der Waals surface area contributed by atoms with Gasteiger partial charge >= 0.3 is 0 Å². The van der Waals surface area contributed by atoms with E-state index in [4.69, 9.17) is 4.98 Å². The second kappa shape index (κ2) is 8.10. The molecule has 1 amide bonds. The molecule has 0 radical (unpaired) electrons. The molecule has 2 saturated heterocycles. The molecular weight excluding hydrogens is 340 g/mol. The number of hydrogen-bond acceptors (Lipinski definition) is 6. The molecule has 1 aromatic heterocycles. The number of amides is 1. The van der Waals surface area contributed by atoms with E-state index in [9.17, 15) is 4.79 Å². The summed E-state index contributed by atoms with van der Waals surface area (Å²) in [5, 5.41) is 0. The monoisotopic (exact) mass is 374 g/mol. The minimum absolute atomic E-state index is 0.0581. The largest absolute Gasteiger partial charge is 0.355 e. The Hall–Kier alpha value is -1.73. The maximum absolute atomic E-state index is 13.1. The second-order valence-electron chi connectivity index (χ2n) is 8.38. The zero-order chi connectivity index (χ0) is 19.7. The van der Waals surface area contributed by atoms with Crippen LogP contribution >= 0.6 is 0 Å². The first-order chi connectivity index (χ1) is 12.8. The van der Waals surface area contributed by atoms with Crippen LogP contribution in [0.4, 0.5) is 5.82 Å². The van der Waals surface area contributed by atoms with Crippen LogP contribution < -0.4 is 4.90 Å². The summed E-state index contributed by atoms with van der Waals surface area (Å²) in [6.45, 7) is 8.01. The first-order valence-electron chi connectivity index (χ1n) is 10.00. The van der Waals surface area contributed by atoms with Gasteiger partial charge in [-0.3, -0.25) is 4.79 Å². The van der Waals surface area contributed by atoms with Crippen molar-refractivity contribution in [2.24, 2.45) is 0 Å². The van der Waals surface area contributed by atoms with E-state index < -0.39 is 0 Å². The molecule has 0 unspecified atom stereocenters. The van der Waals surface area contributed by atoms with Crippen molar-refractivity contribution in [2.75, 3.05) is 59.3 Å². The molecule has 7 heteroatoms. The van der Waals surface area contributed by atoms with Crippen LogP contribution in [0.5, 0.6) is 0 Å². The number of aryl methyl sites for hydroxylation is 1. The van der Waals surface area contributed by atoms with Crippen molar-refractivity contribution in [2.45, 2.75) is 45.2 Å². The Balaban J connectivity index is 1.80. The van der Waals surface area contributed by atoms with Crippen LogP contribution in [0.2, 0.25) is 0 Å². The van der Waals surface area contributed by atoms with E-state index in [1.807, 2.05) is 18.9 Å². The zero-order valence-corrected chi connectivity index (χ0v) is 17.7. The van der Waals surface area contributed by atoms with Gasteiger partial charge in [0.15, 0.2) is 0 Å². The molecule has 0 N–H and O–H groups in total. The standard InChI is InChI=1S/C20H34N6O/c1-14-15(2)21-18(20(27)25(6)16-7-10-24(5)11-8-16)22-19(14)26-12-9-17(13-26)23(3)4/h16-17H,7-13H2,1-6H3/t17-/m1/s1. The summed E-state index contributed by atoms with van der Waals surface area (Å²) < 4.78 is 0. The highest BCUT2D eigenvalue weighted by Gasteiger charge is 2.30. The van der Waals surface area contributed by atoms with Gasteiger partial charge < -0.3 is 19.6 Å².